The van der Waals surface area contributed by atoms with Crippen molar-refractivity contribution in [3.8, 4) is 0 Å². The van der Waals surface area contributed by atoms with Gasteiger partial charge in [0, 0.05) is 24.7 Å². The minimum Gasteiger partial charge on any atom is -0.309 e. The molecule has 1 unspecified atom stereocenters. The Morgan fingerprint density at radius 2 is 1.93 bits per heavy atom. The van der Waals surface area contributed by atoms with Gasteiger partial charge in [-0.3, -0.25) is 0 Å². The molecule has 7 nitrogen and oxygen atoms in total. The SMILES string of the molecule is CCNC1CN(Cc2ccc(C)cc2)S(=O)(=O)c2sc(S(N)(=O)=O)cc21.Cl. The van der Waals surface area contributed by atoms with Crippen LogP contribution in [0.15, 0.2) is 38.8 Å². The number of halogens is 1. The molecule has 2 heterocycles. The van der Waals surface area contributed by atoms with E-state index in [1.165, 1.54) is 10.4 Å². The quantitative estimate of drug-likeness (QED) is 0.722. The molecular weight excluding hydrogens is 430 g/mol. The normalized spacial score (nSPS) is 19.3. The lowest BCUT2D eigenvalue weighted by atomic mass is 10.1. The third-order valence-electron chi connectivity index (χ3n) is 4.25. The zero-order valence-corrected chi connectivity index (χ0v) is 18.1. The van der Waals surface area contributed by atoms with Crippen molar-refractivity contribution >= 4 is 43.8 Å². The molecule has 1 aliphatic heterocycles. The average molecular weight is 452 g/mol. The molecule has 2 aromatic rings. The molecule has 1 atom stereocenters. The van der Waals surface area contributed by atoms with Crippen molar-refractivity contribution in [2.24, 2.45) is 5.14 Å². The van der Waals surface area contributed by atoms with Crippen LogP contribution >= 0.6 is 23.7 Å². The Labute approximate surface area is 170 Å². The van der Waals surface area contributed by atoms with Crippen LogP contribution in [-0.4, -0.2) is 34.2 Å². The summed E-state index contributed by atoms with van der Waals surface area (Å²) in [4.78, 5) is 0. The highest BCUT2D eigenvalue weighted by molar-refractivity contribution is 7.94. The van der Waals surface area contributed by atoms with Crippen molar-refractivity contribution < 1.29 is 16.8 Å². The van der Waals surface area contributed by atoms with Gasteiger partial charge in [-0.1, -0.05) is 36.8 Å². The molecule has 0 saturated carbocycles. The molecule has 0 spiro atoms. The smallest absolute Gasteiger partial charge is 0.253 e. The first-order chi connectivity index (χ1) is 12.1. The number of nitrogens with two attached hydrogens (primary N) is 1. The van der Waals surface area contributed by atoms with Gasteiger partial charge in [-0.2, -0.15) is 4.31 Å². The highest BCUT2D eigenvalue weighted by atomic mass is 35.5. The fourth-order valence-electron chi connectivity index (χ4n) is 2.94. The van der Waals surface area contributed by atoms with E-state index in [1.807, 2.05) is 38.1 Å². The molecule has 0 fully saturated rings. The Morgan fingerprint density at radius 1 is 1.30 bits per heavy atom. The van der Waals surface area contributed by atoms with Crippen LogP contribution in [0.4, 0.5) is 0 Å². The number of sulfonamides is 2. The summed E-state index contributed by atoms with van der Waals surface area (Å²) >= 11 is 0.713. The standard InChI is InChI=1S/C16H21N3O4S3.ClH/c1-3-18-14-10-19(9-12-6-4-11(2)5-7-12)26(22,23)16-13(14)8-15(24-16)25(17,20)21;/h4-8,14,18H,3,9-10H2,1-2H3,(H2,17,20,21);1H. The van der Waals surface area contributed by atoms with Gasteiger partial charge in [0.25, 0.3) is 10.0 Å². The molecular formula is C16H22ClN3O4S3. The maximum Gasteiger partial charge on any atom is 0.253 e. The zero-order valence-electron chi connectivity index (χ0n) is 14.9. The van der Waals surface area contributed by atoms with Crippen LogP contribution in [0, 0.1) is 6.92 Å². The minimum atomic E-state index is -3.96. The number of nitrogens with zero attached hydrogens (tertiary/aromatic N) is 1. The third kappa shape index (κ3) is 4.53. The Bertz CT molecular complexity index is 1020. The molecule has 1 aromatic carbocycles. The van der Waals surface area contributed by atoms with Gasteiger partial charge in [-0.25, -0.2) is 22.0 Å². The molecule has 0 amide bonds. The summed E-state index contributed by atoms with van der Waals surface area (Å²) in [6.45, 7) is 4.98. The van der Waals surface area contributed by atoms with Gasteiger partial charge in [-0.15, -0.1) is 23.7 Å². The van der Waals surface area contributed by atoms with E-state index in [0.717, 1.165) is 11.1 Å². The second-order valence-corrected chi connectivity index (χ2v) is 11.2. The van der Waals surface area contributed by atoms with E-state index in [0.29, 0.717) is 23.4 Å². The maximum absolute atomic E-state index is 13.0. The lowest BCUT2D eigenvalue weighted by Crippen LogP contribution is -2.42. The lowest BCUT2D eigenvalue weighted by molar-refractivity contribution is 0.339. The second kappa shape index (κ2) is 8.16. The van der Waals surface area contributed by atoms with Gasteiger partial charge in [0.1, 0.15) is 8.42 Å². The van der Waals surface area contributed by atoms with Crippen molar-refractivity contribution in [3.05, 3.63) is 47.0 Å². The first-order valence-electron chi connectivity index (χ1n) is 8.08. The number of hydrogen-bond acceptors (Lipinski definition) is 6. The number of aryl methyl sites for hydroxylation is 1. The van der Waals surface area contributed by atoms with E-state index in [9.17, 15) is 16.8 Å². The Hall–Kier alpha value is -1.01. The molecule has 3 rings (SSSR count). The monoisotopic (exact) mass is 451 g/mol. The van der Waals surface area contributed by atoms with E-state index < -0.39 is 20.0 Å². The highest BCUT2D eigenvalue weighted by Crippen LogP contribution is 2.40. The van der Waals surface area contributed by atoms with E-state index in [-0.39, 0.29) is 40.0 Å². The number of hydrogen-bond donors (Lipinski definition) is 2. The predicted molar refractivity (Wildman–Crippen MR) is 108 cm³/mol. The summed E-state index contributed by atoms with van der Waals surface area (Å²) in [6.07, 6.45) is 0. The fourth-order valence-corrected chi connectivity index (χ4v) is 7.19. The molecule has 0 radical (unpaired) electrons. The number of likely N-dealkylation sites (N-methyl/N-ethyl adjacent to an activating group) is 1. The number of benzene rings is 1. The second-order valence-electron chi connectivity index (χ2n) is 6.25. The summed E-state index contributed by atoms with van der Waals surface area (Å²) in [7, 11) is -7.75. The summed E-state index contributed by atoms with van der Waals surface area (Å²) in [5.41, 5.74) is 2.45. The van der Waals surface area contributed by atoms with Gasteiger partial charge in [0.2, 0.25) is 10.0 Å². The van der Waals surface area contributed by atoms with Crippen LogP contribution in [0.2, 0.25) is 0 Å². The molecule has 1 aromatic heterocycles. The molecule has 0 aliphatic carbocycles. The van der Waals surface area contributed by atoms with Crippen molar-refractivity contribution in [1.82, 2.24) is 9.62 Å². The van der Waals surface area contributed by atoms with Gasteiger partial charge >= 0.3 is 0 Å². The zero-order chi connectivity index (χ0) is 19.1. The Kier molecular flexibility index (Phi) is 6.73. The summed E-state index contributed by atoms with van der Waals surface area (Å²) in [5.74, 6) is 0. The van der Waals surface area contributed by atoms with E-state index in [4.69, 9.17) is 5.14 Å². The highest BCUT2D eigenvalue weighted by Gasteiger charge is 2.39. The summed E-state index contributed by atoms with van der Waals surface area (Å²) in [6, 6.07) is 8.76. The third-order valence-corrected chi connectivity index (χ3v) is 9.16. The number of nitrogens with one attached hydrogen (secondary N) is 1. The van der Waals surface area contributed by atoms with Crippen LogP contribution in [-0.2, 0) is 26.6 Å². The first-order valence-corrected chi connectivity index (χ1v) is 11.9. The van der Waals surface area contributed by atoms with Gasteiger partial charge in [0.05, 0.1) is 0 Å². The summed E-state index contributed by atoms with van der Waals surface area (Å²) < 4.78 is 50.8. The van der Waals surface area contributed by atoms with E-state index in [1.54, 1.807) is 0 Å². The molecule has 27 heavy (non-hydrogen) atoms. The van der Waals surface area contributed by atoms with Gasteiger partial charge in [-0.05, 0) is 25.1 Å². The molecule has 11 heteroatoms. The van der Waals surface area contributed by atoms with Gasteiger partial charge < -0.3 is 5.32 Å². The Morgan fingerprint density at radius 3 is 2.48 bits per heavy atom. The largest absolute Gasteiger partial charge is 0.309 e. The van der Waals surface area contributed by atoms with Crippen LogP contribution < -0.4 is 10.5 Å². The van der Waals surface area contributed by atoms with Crippen LogP contribution in [0.1, 0.15) is 29.7 Å². The topological polar surface area (TPSA) is 110 Å². The predicted octanol–water partition coefficient (Wildman–Crippen LogP) is 1.98. The number of thiophene rings is 1. The van der Waals surface area contributed by atoms with Crippen molar-refractivity contribution in [2.75, 3.05) is 13.1 Å². The minimum absolute atomic E-state index is 0. The maximum atomic E-state index is 13.0. The molecule has 0 saturated heterocycles. The number of rotatable bonds is 5. The fraction of sp³-hybridized carbons (Fsp3) is 0.375. The van der Waals surface area contributed by atoms with E-state index >= 15 is 0 Å². The molecule has 3 N–H and O–H groups in total. The van der Waals surface area contributed by atoms with E-state index in [2.05, 4.69) is 5.32 Å². The van der Waals surface area contributed by atoms with Crippen molar-refractivity contribution in [3.63, 3.8) is 0 Å². The van der Waals surface area contributed by atoms with Crippen LogP contribution in [0.5, 0.6) is 0 Å². The van der Waals surface area contributed by atoms with Crippen LogP contribution in [0.25, 0.3) is 0 Å². The van der Waals surface area contributed by atoms with Crippen molar-refractivity contribution in [1.29, 1.82) is 0 Å². The average Bonchev–Trinajstić information content (AvgIpc) is 3.01. The molecule has 150 valence electrons. The summed E-state index contributed by atoms with van der Waals surface area (Å²) in [5, 5.41) is 8.44. The number of primary sulfonamides is 1. The van der Waals surface area contributed by atoms with Crippen LogP contribution in [0.3, 0.4) is 0 Å². The molecule has 1 aliphatic rings. The lowest BCUT2D eigenvalue weighted by Gasteiger charge is -2.32. The van der Waals surface area contributed by atoms with Gasteiger partial charge in [0.15, 0.2) is 0 Å². The number of fused-ring (bicyclic) bond motifs is 1. The Balaban J connectivity index is 0.00000261. The van der Waals surface area contributed by atoms with Crippen molar-refractivity contribution in [2.45, 2.75) is 34.9 Å². The first kappa shape index (κ1) is 22.3. The molecule has 0 bridgehead atoms.